The maximum absolute atomic E-state index is 12.3. The number of piperazine rings is 1. The zero-order valence-electron chi connectivity index (χ0n) is 11.3. The predicted octanol–water partition coefficient (Wildman–Crippen LogP) is 0.768. The average Bonchev–Trinajstić information content (AvgIpc) is 2.80. The SMILES string of the molecule is O=C(Cc1cccc(O)c1)N1CCN2C(=O)CC[C@H]2C1. The molecule has 0 aromatic heterocycles. The van der Waals surface area contributed by atoms with Crippen molar-refractivity contribution in [2.75, 3.05) is 19.6 Å². The van der Waals surface area contributed by atoms with E-state index in [1.165, 1.54) is 0 Å². The van der Waals surface area contributed by atoms with Crippen LogP contribution in [0.25, 0.3) is 0 Å². The molecule has 1 atom stereocenters. The molecule has 2 saturated heterocycles. The van der Waals surface area contributed by atoms with Gasteiger partial charge in [-0.25, -0.2) is 0 Å². The van der Waals surface area contributed by atoms with E-state index >= 15 is 0 Å². The number of aromatic hydroxyl groups is 1. The lowest BCUT2D eigenvalue weighted by atomic mass is 10.1. The predicted molar refractivity (Wildman–Crippen MR) is 73.1 cm³/mol. The fourth-order valence-corrected chi connectivity index (χ4v) is 3.04. The number of amides is 2. The van der Waals surface area contributed by atoms with E-state index in [2.05, 4.69) is 0 Å². The highest BCUT2D eigenvalue weighted by Crippen LogP contribution is 2.23. The quantitative estimate of drug-likeness (QED) is 0.866. The molecule has 2 heterocycles. The van der Waals surface area contributed by atoms with E-state index in [4.69, 9.17) is 0 Å². The molecule has 0 radical (unpaired) electrons. The van der Waals surface area contributed by atoms with Gasteiger partial charge < -0.3 is 14.9 Å². The van der Waals surface area contributed by atoms with Crippen LogP contribution in [0.1, 0.15) is 18.4 Å². The molecule has 2 aliphatic rings. The summed E-state index contributed by atoms with van der Waals surface area (Å²) in [4.78, 5) is 27.6. The van der Waals surface area contributed by atoms with Gasteiger partial charge in [-0.3, -0.25) is 9.59 Å². The molecule has 1 N–H and O–H groups in total. The molecule has 0 bridgehead atoms. The summed E-state index contributed by atoms with van der Waals surface area (Å²) in [7, 11) is 0. The summed E-state index contributed by atoms with van der Waals surface area (Å²) in [5.74, 6) is 0.464. The molecule has 0 saturated carbocycles. The van der Waals surface area contributed by atoms with E-state index in [1.807, 2.05) is 15.9 Å². The average molecular weight is 274 g/mol. The molecule has 0 unspecified atom stereocenters. The molecular formula is C15H18N2O3. The van der Waals surface area contributed by atoms with Gasteiger partial charge in [0, 0.05) is 32.1 Å². The third kappa shape index (κ3) is 2.48. The Kier molecular flexibility index (Phi) is 3.34. The van der Waals surface area contributed by atoms with E-state index in [0.717, 1.165) is 12.0 Å². The number of fused-ring (bicyclic) bond motifs is 1. The monoisotopic (exact) mass is 274 g/mol. The Balaban J connectivity index is 1.62. The van der Waals surface area contributed by atoms with Gasteiger partial charge in [0.25, 0.3) is 0 Å². The summed E-state index contributed by atoms with van der Waals surface area (Å²) >= 11 is 0. The smallest absolute Gasteiger partial charge is 0.227 e. The summed E-state index contributed by atoms with van der Waals surface area (Å²) in [6, 6.07) is 6.99. The number of hydrogen-bond acceptors (Lipinski definition) is 3. The largest absolute Gasteiger partial charge is 0.508 e. The molecular weight excluding hydrogens is 256 g/mol. The highest BCUT2D eigenvalue weighted by atomic mass is 16.3. The lowest BCUT2D eigenvalue weighted by Crippen LogP contribution is -2.53. The minimum Gasteiger partial charge on any atom is -0.508 e. The van der Waals surface area contributed by atoms with Crippen LogP contribution in [-0.2, 0) is 16.0 Å². The molecule has 106 valence electrons. The number of benzene rings is 1. The second kappa shape index (κ2) is 5.15. The van der Waals surface area contributed by atoms with Crippen LogP contribution in [0.5, 0.6) is 5.75 Å². The van der Waals surface area contributed by atoms with Gasteiger partial charge in [-0.1, -0.05) is 12.1 Å². The first-order valence-corrected chi connectivity index (χ1v) is 6.98. The van der Waals surface area contributed by atoms with Crippen LogP contribution < -0.4 is 0 Å². The Hall–Kier alpha value is -2.04. The molecule has 5 nitrogen and oxygen atoms in total. The Morgan fingerprint density at radius 2 is 2.20 bits per heavy atom. The van der Waals surface area contributed by atoms with Crippen molar-refractivity contribution in [1.29, 1.82) is 0 Å². The summed E-state index contributed by atoms with van der Waals surface area (Å²) in [5.41, 5.74) is 0.819. The van der Waals surface area contributed by atoms with Crippen LogP contribution in [0.4, 0.5) is 0 Å². The second-order valence-electron chi connectivity index (χ2n) is 5.47. The van der Waals surface area contributed by atoms with Crippen LogP contribution >= 0.6 is 0 Å². The Labute approximate surface area is 117 Å². The fourth-order valence-electron chi connectivity index (χ4n) is 3.04. The number of rotatable bonds is 2. The molecule has 0 aliphatic carbocycles. The van der Waals surface area contributed by atoms with Crippen molar-refractivity contribution in [3.05, 3.63) is 29.8 Å². The first-order chi connectivity index (χ1) is 9.63. The van der Waals surface area contributed by atoms with Gasteiger partial charge >= 0.3 is 0 Å². The van der Waals surface area contributed by atoms with E-state index in [0.29, 0.717) is 32.5 Å². The van der Waals surface area contributed by atoms with Gasteiger partial charge in [0.15, 0.2) is 0 Å². The van der Waals surface area contributed by atoms with E-state index < -0.39 is 0 Å². The van der Waals surface area contributed by atoms with E-state index in [9.17, 15) is 14.7 Å². The zero-order valence-corrected chi connectivity index (χ0v) is 11.3. The minimum absolute atomic E-state index is 0.0644. The van der Waals surface area contributed by atoms with Gasteiger partial charge in [-0.05, 0) is 24.1 Å². The van der Waals surface area contributed by atoms with Gasteiger partial charge in [-0.2, -0.15) is 0 Å². The topological polar surface area (TPSA) is 60.9 Å². The van der Waals surface area contributed by atoms with Crippen molar-refractivity contribution in [2.45, 2.75) is 25.3 Å². The van der Waals surface area contributed by atoms with Gasteiger partial charge in [0.05, 0.1) is 6.42 Å². The Morgan fingerprint density at radius 1 is 1.35 bits per heavy atom. The first kappa shape index (κ1) is 13.0. The first-order valence-electron chi connectivity index (χ1n) is 6.98. The maximum atomic E-state index is 12.3. The molecule has 5 heteroatoms. The molecule has 1 aromatic rings. The molecule has 0 spiro atoms. The summed E-state index contributed by atoms with van der Waals surface area (Å²) < 4.78 is 0. The van der Waals surface area contributed by atoms with Crippen molar-refractivity contribution in [2.24, 2.45) is 0 Å². The lowest BCUT2D eigenvalue weighted by molar-refractivity contribution is -0.138. The molecule has 3 rings (SSSR count). The minimum atomic E-state index is 0.0644. The van der Waals surface area contributed by atoms with Gasteiger partial charge in [0.1, 0.15) is 5.75 Å². The molecule has 20 heavy (non-hydrogen) atoms. The standard InChI is InChI=1S/C15H18N2O3/c18-13-3-1-2-11(8-13)9-15(20)16-6-7-17-12(10-16)4-5-14(17)19/h1-3,8,12,18H,4-7,9-10H2/t12-/m0/s1. The summed E-state index contributed by atoms with van der Waals surface area (Å²) in [5, 5.41) is 9.42. The van der Waals surface area contributed by atoms with E-state index in [-0.39, 0.29) is 23.6 Å². The third-order valence-electron chi connectivity index (χ3n) is 4.11. The van der Waals surface area contributed by atoms with Crippen LogP contribution in [-0.4, -0.2) is 52.4 Å². The van der Waals surface area contributed by atoms with Crippen molar-refractivity contribution in [3.8, 4) is 5.75 Å². The Bertz CT molecular complexity index is 544. The number of hydrogen-bond donors (Lipinski definition) is 1. The molecule has 1 aromatic carbocycles. The number of carbonyl (C=O) groups is 2. The van der Waals surface area contributed by atoms with Crippen molar-refractivity contribution in [3.63, 3.8) is 0 Å². The van der Waals surface area contributed by atoms with Crippen molar-refractivity contribution in [1.82, 2.24) is 9.80 Å². The van der Waals surface area contributed by atoms with E-state index in [1.54, 1.807) is 18.2 Å². The fraction of sp³-hybridized carbons (Fsp3) is 0.467. The molecule has 2 amide bonds. The van der Waals surface area contributed by atoms with Crippen LogP contribution in [0.15, 0.2) is 24.3 Å². The normalized spacial score (nSPS) is 22.0. The number of phenols is 1. The Morgan fingerprint density at radius 3 is 3.00 bits per heavy atom. The molecule has 2 aliphatic heterocycles. The number of phenolic OH excluding ortho intramolecular Hbond substituents is 1. The second-order valence-corrected chi connectivity index (χ2v) is 5.47. The third-order valence-corrected chi connectivity index (χ3v) is 4.11. The lowest BCUT2D eigenvalue weighted by Gasteiger charge is -2.37. The maximum Gasteiger partial charge on any atom is 0.227 e. The van der Waals surface area contributed by atoms with Crippen molar-refractivity contribution < 1.29 is 14.7 Å². The van der Waals surface area contributed by atoms with Gasteiger partial charge in [0.2, 0.25) is 11.8 Å². The van der Waals surface area contributed by atoms with Crippen LogP contribution in [0.3, 0.4) is 0 Å². The molecule has 2 fully saturated rings. The van der Waals surface area contributed by atoms with Crippen LogP contribution in [0, 0.1) is 0 Å². The number of nitrogens with zero attached hydrogens (tertiary/aromatic N) is 2. The highest BCUT2D eigenvalue weighted by Gasteiger charge is 2.36. The van der Waals surface area contributed by atoms with Crippen LogP contribution in [0.2, 0.25) is 0 Å². The zero-order chi connectivity index (χ0) is 14.1. The van der Waals surface area contributed by atoms with Crippen molar-refractivity contribution >= 4 is 11.8 Å². The van der Waals surface area contributed by atoms with Gasteiger partial charge in [-0.15, -0.1) is 0 Å². The summed E-state index contributed by atoms with van der Waals surface area (Å²) in [6.07, 6.45) is 1.77. The highest BCUT2D eigenvalue weighted by molar-refractivity contribution is 5.81. The number of carbonyl (C=O) groups excluding carboxylic acids is 2. The summed E-state index contributed by atoms with van der Waals surface area (Å²) in [6.45, 7) is 1.90.